The molecule has 1 heterocycles. The fourth-order valence-electron chi connectivity index (χ4n) is 2.98. The van der Waals surface area contributed by atoms with Crippen LogP contribution in [0.25, 0.3) is 0 Å². The van der Waals surface area contributed by atoms with Gasteiger partial charge in [0.15, 0.2) is 0 Å². The molecule has 1 aromatic rings. The van der Waals surface area contributed by atoms with Crippen molar-refractivity contribution in [2.45, 2.75) is 31.8 Å². The number of piperidine rings is 1. The molecule has 1 aliphatic rings. The normalized spacial score (nSPS) is 21.5. The number of hydrogen-bond donors (Lipinski definition) is 1. The number of likely N-dealkylation sites (tertiary alicyclic amines) is 1. The van der Waals surface area contributed by atoms with Gasteiger partial charge in [0.05, 0.1) is 6.61 Å². The van der Waals surface area contributed by atoms with E-state index in [0.717, 1.165) is 25.4 Å². The Morgan fingerprint density at radius 2 is 2.05 bits per heavy atom. The summed E-state index contributed by atoms with van der Waals surface area (Å²) in [6.45, 7) is 5.91. The molecule has 0 bridgehead atoms. The third-order valence-electron chi connectivity index (χ3n) is 4.29. The number of benzene rings is 1. The van der Waals surface area contributed by atoms with Gasteiger partial charge >= 0.3 is 0 Å². The van der Waals surface area contributed by atoms with Crippen molar-refractivity contribution >= 4 is 0 Å². The number of likely N-dealkylation sites (N-methyl/N-ethyl adjacent to an activating group) is 1. The first-order valence-corrected chi connectivity index (χ1v) is 7.97. The lowest BCUT2D eigenvalue weighted by Crippen LogP contribution is -2.47. The van der Waals surface area contributed by atoms with Crippen LogP contribution in [0.4, 0.5) is 0 Å². The van der Waals surface area contributed by atoms with Crippen molar-refractivity contribution in [1.29, 1.82) is 0 Å². The summed E-state index contributed by atoms with van der Waals surface area (Å²) in [6.07, 6.45) is 2.56. The predicted molar refractivity (Wildman–Crippen MR) is 87.7 cm³/mol. The van der Waals surface area contributed by atoms with Gasteiger partial charge in [0.2, 0.25) is 0 Å². The summed E-state index contributed by atoms with van der Waals surface area (Å²) in [6, 6.07) is 8.93. The molecule has 0 spiro atoms. The Morgan fingerprint density at radius 3 is 2.67 bits per heavy atom. The standard InChI is InChI=1S/C17H29N3O/c1-4-21-16-9-7-14(8-10-16)17(18)13-20-11-5-6-15(12-20)19(2)3/h7-10,15,17H,4-6,11-13,18H2,1-3H3. The third-order valence-corrected chi connectivity index (χ3v) is 4.29. The van der Waals surface area contributed by atoms with Crippen LogP contribution in [-0.2, 0) is 0 Å². The molecule has 1 saturated heterocycles. The average Bonchev–Trinajstić information content (AvgIpc) is 2.48. The fourth-order valence-corrected chi connectivity index (χ4v) is 2.98. The van der Waals surface area contributed by atoms with Crippen molar-refractivity contribution in [1.82, 2.24) is 9.80 Å². The molecule has 1 aliphatic heterocycles. The molecular formula is C17H29N3O. The van der Waals surface area contributed by atoms with E-state index in [0.29, 0.717) is 12.6 Å². The van der Waals surface area contributed by atoms with Crippen molar-refractivity contribution in [3.05, 3.63) is 29.8 Å². The summed E-state index contributed by atoms with van der Waals surface area (Å²) < 4.78 is 5.47. The van der Waals surface area contributed by atoms with Crippen LogP contribution in [0.3, 0.4) is 0 Å². The maximum absolute atomic E-state index is 6.38. The van der Waals surface area contributed by atoms with E-state index < -0.39 is 0 Å². The van der Waals surface area contributed by atoms with Crippen LogP contribution in [0.1, 0.15) is 31.4 Å². The monoisotopic (exact) mass is 291 g/mol. The van der Waals surface area contributed by atoms with E-state index >= 15 is 0 Å². The highest BCUT2D eigenvalue weighted by Crippen LogP contribution is 2.20. The van der Waals surface area contributed by atoms with Gasteiger partial charge in [-0.25, -0.2) is 0 Å². The molecule has 0 saturated carbocycles. The van der Waals surface area contributed by atoms with E-state index in [1.54, 1.807) is 0 Å². The minimum atomic E-state index is 0.0709. The highest BCUT2D eigenvalue weighted by Gasteiger charge is 2.22. The highest BCUT2D eigenvalue weighted by atomic mass is 16.5. The lowest BCUT2D eigenvalue weighted by Gasteiger charge is -2.37. The van der Waals surface area contributed by atoms with Crippen LogP contribution in [0, 0.1) is 0 Å². The van der Waals surface area contributed by atoms with Gasteiger partial charge in [0.1, 0.15) is 5.75 Å². The SMILES string of the molecule is CCOc1ccc(C(N)CN2CCCC(N(C)C)C2)cc1. The van der Waals surface area contributed by atoms with Crippen LogP contribution < -0.4 is 10.5 Å². The van der Waals surface area contributed by atoms with Crippen molar-refractivity contribution in [2.75, 3.05) is 40.3 Å². The molecule has 1 aromatic carbocycles. The molecule has 0 radical (unpaired) electrons. The number of rotatable bonds is 6. The first-order chi connectivity index (χ1) is 10.1. The molecule has 4 nitrogen and oxygen atoms in total. The minimum Gasteiger partial charge on any atom is -0.494 e. The van der Waals surface area contributed by atoms with Crippen molar-refractivity contribution in [3.8, 4) is 5.75 Å². The summed E-state index contributed by atoms with van der Waals surface area (Å²) in [4.78, 5) is 4.82. The molecule has 2 atom stereocenters. The molecule has 0 aliphatic carbocycles. The smallest absolute Gasteiger partial charge is 0.119 e. The average molecular weight is 291 g/mol. The zero-order chi connectivity index (χ0) is 15.2. The van der Waals surface area contributed by atoms with Crippen molar-refractivity contribution in [3.63, 3.8) is 0 Å². The Morgan fingerprint density at radius 1 is 1.33 bits per heavy atom. The molecule has 118 valence electrons. The topological polar surface area (TPSA) is 41.7 Å². The van der Waals surface area contributed by atoms with Crippen LogP contribution >= 0.6 is 0 Å². The summed E-state index contributed by atoms with van der Waals surface area (Å²) in [5.41, 5.74) is 7.56. The first kappa shape index (κ1) is 16.3. The first-order valence-electron chi connectivity index (χ1n) is 7.97. The third kappa shape index (κ3) is 4.70. The molecule has 0 aromatic heterocycles. The van der Waals surface area contributed by atoms with E-state index in [2.05, 4.69) is 36.0 Å². The lowest BCUT2D eigenvalue weighted by molar-refractivity contribution is 0.128. The Hall–Kier alpha value is -1.10. The Labute approximate surface area is 128 Å². The van der Waals surface area contributed by atoms with Gasteiger partial charge in [-0.05, 0) is 58.1 Å². The number of nitrogens with two attached hydrogens (primary N) is 1. The van der Waals surface area contributed by atoms with Crippen molar-refractivity contribution in [2.24, 2.45) is 5.73 Å². The van der Waals surface area contributed by atoms with Crippen LogP contribution in [0.5, 0.6) is 5.75 Å². The Kier molecular flexibility index (Phi) is 6.03. The van der Waals surface area contributed by atoms with Gasteiger partial charge in [-0.2, -0.15) is 0 Å². The quantitative estimate of drug-likeness (QED) is 0.871. The second kappa shape index (κ2) is 7.78. The van der Waals surface area contributed by atoms with E-state index in [1.165, 1.54) is 18.4 Å². The summed E-state index contributed by atoms with van der Waals surface area (Å²) >= 11 is 0. The van der Waals surface area contributed by atoms with Crippen molar-refractivity contribution < 1.29 is 4.74 Å². The van der Waals surface area contributed by atoms with Crippen LogP contribution in [-0.4, -0.2) is 56.2 Å². The highest BCUT2D eigenvalue weighted by molar-refractivity contribution is 5.29. The minimum absolute atomic E-state index is 0.0709. The molecule has 2 N–H and O–H groups in total. The van der Waals surface area contributed by atoms with Gasteiger partial charge in [0.25, 0.3) is 0 Å². The molecular weight excluding hydrogens is 262 g/mol. The summed E-state index contributed by atoms with van der Waals surface area (Å²) in [7, 11) is 4.33. The van der Waals surface area contributed by atoms with Crippen LogP contribution in [0.15, 0.2) is 24.3 Å². The molecule has 2 unspecified atom stereocenters. The largest absolute Gasteiger partial charge is 0.494 e. The summed E-state index contributed by atoms with van der Waals surface area (Å²) in [5.74, 6) is 0.916. The van der Waals surface area contributed by atoms with E-state index in [-0.39, 0.29) is 6.04 Å². The van der Waals surface area contributed by atoms with E-state index in [1.807, 2.05) is 19.1 Å². The Bertz CT molecular complexity index is 419. The number of nitrogens with zero attached hydrogens (tertiary/aromatic N) is 2. The maximum atomic E-state index is 6.38. The van der Waals surface area contributed by atoms with E-state index in [9.17, 15) is 0 Å². The molecule has 4 heteroatoms. The summed E-state index contributed by atoms with van der Waals surface area (Å²) in [5, 5.41) is 0. The predicted octanol–water partition coefficient (Wildman–Crippen LogP) is 2.11. The fraction of sp³-hybridized carbons (Fsp3) is 0.647. The van der Waals surface area contributed by atoms with Gasteiger partial charge in [0, 0.05) is 25.2 Å². The van der Waals surface area contributed by atoms with Gasteiger partial charge in [-0.1, -0.05) is 12.1 Å². The maximum Gasteiger partial charge on any atom is 0.119 e. The second-order valence-corrected chi connectivity index (χ2v) is 6.13. The van der Waals surface area contributed by atoms with Crippen LogP contribution in [0.2, 0.25) is 0 Å². The molecule has 0 amide bonds. The van der Waals surface area contributed by atoms with Gasteiger partial charge in [-0.3, -0.25) is 4.90 Å². The van der Waals surface area contributed by atoms with Gasteiger partial charge in [-0.15, -0.1) is 0 Å². The Balaban J connectivity index is 1.89. The molecule has 2 rings (SSSR count). The van der Waals surface area contributed by atoms with Gasteiger partial charge < -0.3 is 15.4 Å². The zero-order valence-corrected chi connectivity index (χ0v) is 13.6. The molecule has 1 fully saturated rings. The lowest BCUT2D eigenvalue weighted by atomic mass is 10.0. The zero-order valence-electron chi connectivity index (χ0n) is 13.6. The number of hydrogen-bond acceptors (Lipinski definition) is 4. The second-order valence-electron chi connectivity index (χ2n) is 6.13. The van der Waals surface area contributed by atoms with E-state index in [4.69, 9.17) is 10.5 Å². The number of ether oxygens (including phenoxy) is 1. The molecule has 21 heavy (non-hydrogen) atoms.